The first-order valence-electron chi connectivity index (χ1n) is 9.11. The minimum Gasteiger partial charge on any atom is -0.318 e. The number of pyridine rings is 1. The van der Waals surface area contributed by atoms with Gasteiger partial charge in [0.05, 0.1) is 24.5 Å². The lowest BCUT2D eigenvalue weighted by Gasteiger charge is -2.58. The largest absolute Gasteiger partial charge is 0.326 e. The zero-order valence-corrected chi connectivity index (χ0v) is 14.6. The van der Waals surface area contributed by atoms with Crippen molar-refractivity contribution in [2.75, 3.05) is 11.4 Å². The molecule has 1 atom stereocenters. The molecule has 3 fully saturated rings. The molecule has 138 valence electrons. The van der Waals surface area contributed by atoms with Crippen LogP contribution in [0, 0.1) is 16.7 Å². The average molecular weight is 368 g/mol. The van der Waals surface area contributed by atoms with E-state index in [-0.39, 0.29) is 30.3 Å². The van der Waals surface area contributed by atoms with Crippen LogP contribution in [-0.2, 0) is 0 Å². The Morgan fingerprint density at radius 1 is 1.19 bits per heavy atom. The minimum absolute atomic E-state index is 0.0580. The molecule has 1 aromatic heterocycles. The van der Waals surface area contributed by atoms with Crippen LogP contribution in [0.5, 0.6) is 0 Å². The maximum atomic E-state index is 13.2. The number of nitriles is 1. The number of benzene rings is 1. The van der Waals surface area contributed by atoms with Crippen molar-refractivity contribution in [1.29, 1.82) is 5.26 Å². The van der Waals surface area contributed by atoms with Crippen molar-refractivity contribution < 1.29 is 13.6 Å². The number of rotatable bonds is 2. The first kappa shape index (κ1) is 16.4. The summed E-state index contributed by atoms with van der Waals surface area (Å²) in [6.45, 7) is 0.301. The van der Waals surface area contributed by atoms with Crippen LogP contribution in [0.4, 0.5) is 19.3 Å². The van der Waals surface area contributed by atoms with Crippen molar-refractivity contribution in [2.24, 2.45) is 5.41 Å². The molecular weight excluding hydrogens is 350 g/mol. The van der Waals surface area contributed by atoms with Gasteiger partial charge < -0.3 is 4.90 Å². The molecule has 2 saturated carbocycles. The quantitative estimate of drug-likeness (QED) is 0.806. The molecule has 5 rings (SSSR count). The SMILES string of the molecule is N#C[C@H]1CN(C2CC3(C2)CC(F)(F)C3)C(=O)N1c1cncc2ccccc12. The molecule has 2 heterocycles. The standard InChI is InChI=1S/C20H18F2N4O/c21-20(22)11-19(12-20)5-14(6-19)25-10-15(7-23)26(18(25)27)17-9-24-8-13-3-1-2-4-16(13)17/h1-4,8-9,14-15H,5-6,10-12H2/t15-/m0/s1. The first-order chi connectivity index (χ1) is 12.9. The number of nitrogens with zero attached hydrogens (tertiary/aromatic N) is 4. The number of hydrogen-bond acceptors (Lipinski definition) is 3. The fourth-order valence-corrected chi connectivity index (χ4v) is 5.08. The van der Waals surface area contributed by atoms with Crippen LogP contribution in [0.2, 0.25) is 0 Å². The van der Waals surface area contributed by atoms with E-state index in [1.54, 1.807) is 17.3 Å². The summed E-state index contributed by atoms with van der Waals surface area (Å²) in [4.78, 5) is 20.5. The Morgan fingerprint density at radius 2 is 1.93 bits per heavy atom. The minimum atomic E-state index is -2.55. The summed E-state index contributed by atoms with van der Waals surface area (Å²) in [5.74, 6) is -2.55. The molecular formula is C20H18F2N4O. The normalized spacial score (nSPS) is 26.1. The van der Waals surface area contributed by atoms with Crippen molar-refractivity contribution in [3.63, 3.8) is 0 Å². The van der Waals surface area contributed by atoms with Crippen LogP contribution >= 0.6 is 0 Å². The number of carbonyl (C=O) groups excluding carboxylic acids is 1. The molecule has 0 unspecified atom stereocenters. The smallest absolute Gasteiger partial charge is 0.318 e. The van der Waals surface area contributed by atoms with Gasteiger partial charge in [-0.3, -0.25) is 9.88 Å². The third kappa shape index (κ3) is 2.39. The Balaban J connectivity index is 1.41. The van der Waals surface area contributed by atoms with Gasteiger partial charge in [0.1, 0.15) is 6.04 Å². The van der Waals surface area contributed by atoms with Gasteiger partial charge in [-0.25, -0.2) is 13.6 Å². The number of alkyl halides is 2. The Morgan fingerprint density at radius 3 is 2.63 bits per heavy atom. The zero-order chi connectivity index (χ0) is 18.8. The summed E-state index contributed by atoms with van der Waals surface area (Å²) in [5.41, 5.74) is 0.321. The van der Waals surface area contributed by atoms with E-state index in [1.807, 2.05) is 24.3 Å². The number of fused-ring (bicyclic) bond motifs is 1. The van der Waals surface area contributed by atoms with Gasteiger partial charge in [-0.15, -0.1) is 0 Å². The highest BCUT2D eigenvalue weighted by molar-refractivity contribution is 6.04. The topological polar surface area (TPSA) is 60.2 Å². The molecule has 2 aromatic rings. The van der Waals surface area contributed by atoms with Gasteiger partial charge in [0.2, 0.25) is 5.92 Å². The van der Waals surface area contributed by atoms with E-state index in [0.717, 1.165) is 10.8 Å². The Labute approximate surface area is 155 Å². The van der Waals surface area contributed by atoms with E-state index < -0.39 is 12.0 Å². The monoisotopic (exact) mass is 368 g/mol. The maximum Gasteiger partial charge on any atom is 0.326 e. The maximum absolute atomic E-state index is 13.2. The summed E-state index contributed by atoms with van der Waals surface area (Å²) in [6.07, 6.45) is 4.41. The fraction of sp³-hybridized carbons (Fsp3) is 0.450. The summed E-state index contributed by atoms with van der Waals surface area (Å²) in [5, 5.41) is 11.4. The van der Waals surface area contributed by atoms with Gasteiger partial charge in [0.25, 0.3) is 0 Å². The number of amides is 2. The van der Waals surface area contributed by atoms with Crippen LogP contribution in [0.3, 0.4) is 0 Å². The molecule has 1 aliphatic heterocycles. The molecule has 1 spiro atoms. The van der Waals surface area contributed by atoms with Gasteiger partial charge >= 0.3 is 6.03 Å². The number of hydrogen-bond donors (Lipinski definition) is 0. The molecule has 0 bridgehead atoms. The molecule has 27 heavy (non-hydrogen) atoms. The molecule has 2 amide bonds. The molecule has 5 nitrogen and oxygen atoms in total. The lowest BCUT2D eigenvalue weighted by atomic mass is 9.52. The summed E-state index contributed by atoms with van der Waals surface area (Å²) in [6, 6.07) is 8.93. The number of carbonyl (C=O) groups is 1. The van der Waals surface area contributed by atoms with Crippen LogP contribution in [0.25, 0.3) is 10.8 Å². The van der Waals surface area contributed by atoms with Gasteiger partial charge in [-0.2, -0.15) is 5.26 Å². The second kappa shape index (κ2) is 5.38. The average Bonchev–Trinajstić information content (AvgIpc) is 2.93. The number of aromatic nitrogens is 1. The van der Waals surface area contributed by atoms with E-state index in [9.17, 15) is 18.8 Å². The first-order valence-corrected chi connectivity index (χ1v) is 9.11. The van der Waals surface area contributed by atoms with Gasteiger partial charge in [0.15, 0.2) is 0 Å². The third-order valence-electron chi connectivity index (χ3n) is 6.23. The van der Waals surface area contributed by atoms with Crippen LogP contribution in [0.1, 0.15) is 25.7 Å². The van der Waals surface area contributed by atoms with Gasteiger partial charge in [0, 0.05) is 35.9 Å². The van der Waals surface area contributed by atoms with E-state index in [0.29, 0.717) is 25.1 Å². The van der Waals surface area contributed by atoms with Crippen molar-refractivity contribution >= 4 is 22.5 Å². The zero-order valence-electron chi connectivity index (χ0n) is 14.6. The lowest BCUT2D eigenvalue weighted by molar-refractivity contribution is -0.205. The Kier molecular flexibility index (Phi) is 3.27. The Bertz CT molecular complexity index is 964. The number of anilines is 1. The molecule has 0 radical (unpaired) electrons. The van der Waals surface area contributed by atoms with Crippen molar-refractivity contribution in [2.45, 2.75) is 43.7 Å². The number of halogens is 2. The van der Waals surface area contributed by atoms with Crippen LogP contribution in [-0.4, -0.2) is 40.5 Å². The van der Waals surface area contributed by atoms with Gasteiger partial charge in [-0.1, -0.05) is 24.3 Å². The molecule has 0 N–H and O–H groups in total. The molecule has 1 saturated heterocycles. The van der Waals surface area contributed by atoms with Crippen molar-refractivity contribution in [1.82, 2.24) is 9.88 Å². The van der Waals surface area contributed by atoms with Gasteiger partial charge in [-0.05, 0) is 18.3 Å². The fourth-order valence-electron chi connectivity index (χ4n) is 5.08. The molecule has 2 aliphatic carbocycles. The molecule has 1 aromatic carbocycles. The van der Waals surface area contributed by atoms with Crippen LogP contribution in [0.15, 0.2) is 36.7 Å². The number of urea groups is 1. The van der Waals surface area contributed by atoms with E-state index in [2.05, 4.69) is 11.1 Å². The summed E-state index contributed by atoms with van der Waals surface area (Å²) < 4.78 is 26.5. The summed E-state index contributed by atoms with van der Waals surface area (Å²) >= 11 is 0. The highest BCUT2D eigenvalue weighted by Crippen LogP contribution is 2.63. The second-order valence-electron chi connectivity index (χ2n) is 8.10. The molecule has 7 heteroatoms. The Hall–Kier alpha value is -2.75. The van der Waals surface area contributed by atoms with E-state index in [1.165, 1.54) is 4.90 Å². The van der Waals surface area contributed by atoms with Crippen molar-refractivity contribution in [3.8, 4) is 6.07 Å². The summed E-state index contributed by atoms with van der Waals surface area (Å²) in [7, 11) is 0. The highest BCUT2D eigenvalue weighted by Gasteiger charge is 2.63. The lowest BCUT2D eigenvalue weighted by Crippen LogP contribution is -2.60. The predicted molar refractivity (Wildman–Crippen MR) is 95.4 cm³/mol. The van der Waals surface area contributed by atoms with Crippen LogP contribution < -0.4 is 4.90 Å². The van der Waals surface area contributed by atoms with E-state index in [4.69, 9.17) is 0 Å². The third-order valence-corrected chi connectivity index (χ3v) is 6.23. The van der Waals surface area contributed by atoms with E-state index >= 15 is 0 Å². The second-order valence-corrected chi connectivity index (χ2v) is 8.10. The predicted octanol–water partition coefficient (Wildman–Crippen LogP) is 3.95. The van der Waals surface area contributed by atoms with Crippen molar-refractivity contribution in [3.05, 3.63) is 36.7 Å². The highest BCUT2D eigenvalue weighted by atomic mass is 19.3. The molecule has 3 aliphatic rings.